The van der Waals surface area contributed by atoms with Crippen LogP contribution in [0.2, 0.25) is 0 Å². The van der Waals surface area contributed by atoms with Crippen molar-refractivity contribution in [3.63, 3.8) is 0 Å². The van der Waals surface area contributed by atoms with Gasteiger partial charge in [0.05, 0.1) is 0 Å². The number of rotatable bonds is 0. The Morgan fingerprint density at radius 3 is 1.50 bits per heavy atom. The highest BCUT2D eigenvalue weighted by molar-refractivity contribution is 5.96. The first-order valence-electron chi connectivity index (χ1n) is 7.66. The molecule has 0 heterocycles. The summed E-state index contributed by atoms with van der Waals surface area (Å²) in [7, 11) is 0. The third kappa shape index (κ3) is 1.61. The molecule has 4 rings (SSSR count). The molecule has 0 nitrogen and oxygen atoms in total. The van der Waals surface area contributed by atoms with E-state index in [1.807, 2.05) is 0 Å². The molecular formula is C20H20. The van der Waals surface area contributed by atoms with Gasteiger partial charge < -0.3 is 0 Å². The van der Waals surface area contributed by atoms with E-state index < -0.39 is 0 Å². The van der Waals surface area contributed by atoms with Crippen molar-refractivity contribution in [2.75, 3.05) is 0 Å². The summed E-state index contributed by atoms with van der Waals surface area (Å²) in [5, 5.41) is 0. The maximum Gasteiger partial charge on any atom is -0.0144 e. The van der Waals surface area contributed by atoms with Crippen molar-refractivity contribution in [3.05, 3.63) is 70.8 Å². The van der Waals surface area contributed by atoms with Gasteiger partial charge in [-0.25, -0.2) is 0 Å². The van der Waals surface area contributed by atoms with Crippen LogP contribution in [0.5, 0.6) is 0 Å². The van der Waals surface area contributed by atoms with Crippen molar-refractivity contribution in [1.29, 1.82) is 0 Å². The molecule has 0 spiro atoms. The summed E-state index contributed by atoms with van der Waals surface area (Å²) in [6, 6.07) is 17.9. The molecule has 0 bridgehead atoms. The molecule has 20 heavy (non-hydrogen) atoms. The first-order valence-corrected chi connectivity index (χ1v) is 7.66. The SMILES string of the molecule is C[C@H]1C/C(=C2\C[C@H](C)c3ccccc32)c2ccccc21. The molecule has 0 unspecified atom stereocenters. The highest BCUT2D eigenvalue weighted by Gasteiger charge is 2.30. The maximum absolute atomic E-state index is 2.36. The lowest BCUT2D eigenvalue weighted by Crippen LogP contribution is -1.85. The molecule has 2 aromatic rings. The Balaban J connectivity index is 1.94. The van der Waals surface area contributed by atoms with Crippen LogP contribution >= 0.6 is 0 Å². The van der Waals surface area contributed by atoms with Crippen molar-refractivity contribution < 1.29 is 0 Å². The van der Waals surface area contributed by atoms with Gasteiger partial charge in [0.2, 0.25) is 0 Å². The first kappa shape index (κ1) is 12.0. The van der Waals surface area contributed by atoms with Crippen molar-refractivity contribution in [1.82, 2.24) is 0 Å². The van der Waals surface area contributed by atoms with E-state index >= 15 is 0 Å². The van der Waals surface area contributed by atoms with Gasteiger partial charge in [-0.2, -0.15) is 0 Å². The summed E-state index contributed by atoms with van der Waals surface area (Å²) in [6.45, 7) is 4.72. The second-order valence-corrected chi connectivity index (χ2v) is 6.34. The van der Waals surface area contributed by atoms with Crippen LogP contribution < -0.4 is 0 Å². The van der Waals surface area contributed by atoms with Crippen molar-refractivity contribution in [2.45, 2.75) is 38.5 Å². The van der Waals surface area contributed by atoms with E-state index in [1.165, 1.54) is 35.1 Å². The second kappa shape index (κ2) is 4.34. The smallest absolute Gasteiger partial charge is 0.0144 e. The Hall–Kier alpha value is -1.82. The lowest BCUT2D eigenvalue weighted by molar-refractivity contribution is 0.816. The summed E-state index contributed by atoms with van der Waals surface area (Å²) in [6.07, 6.45) is 2.41. The standard InChI is InChI=1S/C20H20/c1-13-11-19(17-9-5-3-7-15(13)17)20-12-14(2)16-8-4-6-10-18(16)20/h3-10,13-14H,11-12H2,1-2H3/b20-19-/t13-,14-/m0/s1. The van der Waals surface area contributed by atoms with E-state index in [0.717, 1.165) is 0 Å². The highest BCUT2D eigenvalue weighted by atomic mass is 14.3. The molecule has 0 amide bonds. The molecule has 0 aromatic heterocycles. The molecule has 100 valence electrons. The lowest BCUT2D eigenvalue weighted by Gasteiger charge is -2.08. The molecule has 2 aliphatic rings. The minimum atomic E-state index is 0.664. The van der Waals surface area contributed by atoms with E-state index in [0.29, 0.717) is 11.8 Å². The number of benzene rings is 2. The van der Waals surface area contributed by atoms with Gasteiger partial charge >= 0.3 is 0 Å². The van der Waals surface area contributed by atoms with Gasteiger partial charge in [-0.3, -0.25) is 0 Å². The largest absolute Gasteiger partial charge is 0.0619 e. The van der Waals surface area contributed by atoms with Crippen LogP contribution in [0, 0.1) is 0 Å². The molecule has 0 aliphatic heterocycles. The zero-order chi connectivity index (χ0) is 13.7. The van der Waals surface area contributed by atoms with Crippen LogP contribution in [0.4, 0.5) is 0 Å². The van der Waals surface area contributed by atoms with Gasteiger partial charge in [-0.1, -0.05) is 62.4 Å². The monoisotopic (exact) mass is 260 g/mol. The molecule has 2 aliphatic carbocycles. The molecule has 0 fully saturated rings. The summed E-state index contributed by atoms with van der Waals surface area (Å²) >= 11 is 0. The third-order valence-corrected chi connectivity index (χ3v) is 5.02. The molecule has 0 N–H and O–H groups in total. The fourth-order valence-electron chi connectivity index (χ4n) is 4.03. The average molecular weight is 260 g/mol. The summed E-state index contributed by atoms with van der Waals surface area (Å²) in [5.41, 5.74) is 9.27. The van der Waals surface area contributed by atoms with E-state index in [9.17, 15) is 0 Å². The molecule has 2 atom stereocenters. The zero-order valence-electron chi connectivity index (χ0n) is 12.2. The Morgan fingerprint density at radius 1 is 0.650 bits per heavy atom. The Morgan fingerprint density at radius 2 is 1.05 bits per heavy atom. The average Bonchev–Trinajstić information content (AvgIpc) is 2.99. The Bertz CT molecular complexity index is 644. The van der Waals surface area contributed by atoms with Gasteiger partial charge in [-0.15, -0.1) is 0 Å². The van der Waals surface area contributed by atoms with Crippen LogP contribution in [0.15, 0.2) is 48.5 Å². The predicted octanol–water partition coefficient (Wildman–Crippen LogP) is 5.61. The number of fused-ring (bicyclic) bond motifs is 2. The lowest BCUT2D eigenvalue weighted by atomic mass is 9.97. The fourth-order valence-corrected chi connectivity index (χ4v) is 4.03. The Labute approximate surface area is 121 Å². The topological polar surface area (TPSA) is 0 Å². The van der Waals surface area contributed by atoms with Crippen molar-refractivity contribution in [3.8, 4) is 0 Å². The van der Waals surface area contributed by atoms with Crippen LogP contribution in [0.3, 0.4) is 0 Å². The van der Waals surface area contributed by atoms with Crippen LogP contribution in [0.25, 0.3) is 11.1 Å². The van der Waals surface area contributed by atoms with Crippen LogP contribution in [-0.4, -0.2) is 0 Å². The normalized spacial score (nSPS) is 27.5. The van der Waals surface area contributed by atoms with E-state index in [-0.39, 0.29) is 0 Å². The minimum Gasteiger partial charge on any atom is -0.0619 e. The summed E-state index contributed by atoms with van der Waals surface area (Å²) < 4.78 is 0. The maximum atomic E-state index is 2.36. The van der Waals surface area contributed by atoms with E-state index in [4.69, 9.17) is 0 Å². The summed E-state index contributed by atoms with van der Waals surface area (Å²) in [5.74, 6) is 1.33. The molecule has 0 saturated carbocycles. The van der Waals surface area contributed by atoms with Crippen molar-refractivity contribution >= 4 is 11.1 Å². The quantitative estimate of drug-likeness (QED) is 0.577. The third-order valence-electron chi connectivity index (χ3n) is 5.02. The molecule has 0 heteroatoms. The first-order chi connectivity index (χ1) is 9.75. The van der Waals surface area contributed by atoms with Crippen molar-refractivity contribution in [2.24, 2.45) is 0 Å². The van der Waals surface area contributed by atoms with Gasteiger partial charge in [0, 0.05) is 0 Å². The fraction of sp³-hybridized carbons (Fsp3) is 0.300. The second-order valence-electron chi connectivity index (χ2n) is 6.34. The molecule has 0 radical (unpaired) electrons. The van der Waals surface area contributed by atoms with Gasteiger partial charge in [0.1, 0.15) is 0 Å². The zero-order valence-corrected chi connectivity index (χ0v) is 12.2. The van der Waals surface area contributed by atoms with Crippen LogP contribution in [-0.2, 0) is 0 Å². The van der Waals surface area contributed by atoms with Gasteiger partial charge in [0.25, 0.3) is 0 Å². The number of hydrogen-bond acceptors (Lipinski definition) is 0. The van der Waals surface area contributed by atoms with Crippen LogP contribution in [0.1, 0.15) is 60.8 Å². The number of allylic oxidation sites excluding steroid dienone is 2. The minimum absolute atomic E-state index is 0.664. The number of hydrogen-bond donors (Lipinski definition) is 0. The predicted molar refractivity (Wildman–Crippen MR) is 85.8 cm³/mol. The molecular weight excluding hydrogens is 240 g/mol. The van der Waals surface area contributed by atoms with Gasteiger partial charge in [-0.05, 0) is 58.1 Å². The Kier molecular flexibility index (Phi) is 2.60. The summed E-state index contributed by atoms with van der Waals surface area (Å²) in [4.78, 5) is 0. The van der Waals surface area contributed by atoms with E-state index in [1.54, 1.807) is 11.1 Å². The molecule has 2 aromatic carbocycles. The molecule has 0 saturated heterocycles. The van der Waals surface area contributed by atoms with Gasteiger partial charge in [0.15, 0.2) is 0 Å². The highest BCUT2D eigenvalue weighted by Crippen LogP contribution is 2.50. The van der Waals surface area contributed by atoms with E-state index in [2.05, 4.69) is 62.4 Å².